The molecule has 0 bridgehead atoms. The number of para-hydroxylation sites is 2. The van der Waals surface area contributed by atoms with Gasteiger partial charge in [-0.2, -0.15) is 0 Å². The van der Waals surface area contributed by atoms with Gasteiger partial charge < -0.3 is 9.88 Å². The molecular weight excluding hydrogens is 344 g/mol. The number of thiazole rings is 1. The lowest BCUT2D eigenvalue weighted by molar-refractivity contribution is -0.118. The fourth-order valence-electron chi connectivity index (χ4n) is 2.94. The van der Waals surface area contributed by atoms with Crippen LogP contribution >= 0.6 is 11.3 Å². The Bertz CT molecular complexity index is 1050. The molecule has 0 aliphatic carbocycles. The Balaban J connectivity index is 1.73. The molecule has 2 aromatic carbocycles. The summed E-state index contributed by atoms with van der Waals surface area (Å²) in [7, 11) is 0. The summed E-state index contributed by atoms with van der Waals surface area (Å²) in [5, 5.41) is 4.94. The number of nitrogens with zero attached hydrogens (tertiary/aromatic N) is 3. The summed E-state index contributed by atoms with van der Waals surface area (Å²) in [6, 6.07) is 15.2. The van der Waals surface area contributed by atoms with Crippen LogP contribution in [-0.4, -0.2) is 20.4 Å². The molecule has 0 aliphatic heterocycles. The van der Waals surface area contributed by atoms with Crippen molar-refractivity contribution in [3.05, 3.63) is 65.0 Å². The van der Waals surface area contributed by atoms with Crippen LogP contribution < -0.4 is 5.32 Å². The zero-order chi connectivity index (χ0) is 18.1. The third kappa shape index (κ3) is 2.99. The lowest BCUT2D eigenvalue weighted by Crippen LogP contribution is -2.24. The fraction of sp³-hybridized carbons (Fsp3) is 0.150. The molecular formula is C20H18N4OS. The molecule has 0 radical (unpaired) electrons. The van der Waals surface area contributed by atoms with E-state index in [0.717, 1.165) is 28.0 Å². The number of nitrogens with one attached hydrogen (secondary N) is 1. The van der Waals surface area contributed by atoms with Crippen molar-refractivity contribution in [2.24, 2.45) is 0 Å². The van der Waals surface area contributed by atoms with Gasteiger partial charge in [0.1, 0.15) is 11.7 Å². The molecule has 0 spiro atoms. The second kappa shape index (κ2) is 6.72. The van der Waals surface area contributed by atoms with Crippen molar-refractivity contribution in [1.29, 1.82) is 0 Å². The second-order valence-corrected chi connectivity index (χ2v) is 6.92. The van der Waals surface area contributed by atoms with Gasteiger partial charge in [0.05, 0.1) is 16.5 Å². The van der Waals surface area contributed by atoms with E-state index in [2.05, 4.69) is 10.3 Å². The standard InChI is InChI=1S/C20H18N4OS/c1-13-7-9-15(10-8-13)22-20(25)14(2)24-18-6-4-3-5-16(18)23-19(24)17-11-26-12-21-17/h3-12,14H,1-2H3,(H,22,25). The average Bonchev–Trinajstić information content (AvgIpc) is 3.30. The molecule has 5 nitrogen and oxygen atoms in total. The number of hydrogen-bond donors (Lipinski definition) is 1. The molecule has 1 amide bonds. The highest BCUT2D eigenvalue weighted by molar-refractivity contribution is 7.07. The molecule has 0 fully saturated rings. The molecule has 4 rings (SSSR count). The minimum absolute atomic E-state index is 0.0894. The normalized spacial score (nSPS) is 12.2. The Kier molecular flexibility index (Phi) is 4.26. The van der Waals surface area contributed by atoms with Crippen LogP contribution in [0.15, 0.2) is 59.4 Å². The van der Waals surface area contributed by atoms with Gasteiger partial charge in [0.2, 0.25) is 5.91 Å². The highest BCUT2D eigenvalue weighted by atomic mass is 32.1. The molecule has 4 aromatic rings. The first-order chi connectivity index (χ1) is 12.6. The van der Waals surface area contributed by atoms with Crippen LogP contribution in [-0.2, 0) is 4.79 Å². The maximum Gasteiger partial charge on any atom is 0.247 e. The monoisotopic (exact) mass is 362 g/mol. The van der Waals surface area contributed by atoms with Gasteiger partial charge >= 0.3 is 0 Å². The number of rotatable bonds is 4. The van der Waals surface area contributed by atoms with Crippen LogP contribution in [0.2, 0.25) is 0 Å². The maximum atomic E-state index is 12.9. The topological polar surface area (TPSA) is 59.8 Å². The van der Waals surface area contributed by atoms with Crippen LogP contribution in [0, 0.1) is 6.92 Å². The van der Waals surface area contributed by atoms with Crippen LogP contribution in [0.3, 0.4) is 0 Å². The Morgan fingerprint density at radius 1 is 1.15 bits per heavy atom. The van der Waals surface area contributed by atoms with Crippen LogP contribution in [0.1, 0.15) is 18.5 Å². The van der Waals surface area contributed by atoms with Gasteiger partial charge in [-0.1, -0.05) is 29.8 Å². The number of fused-ring (bicyclic) bond motifs is 1. The fourth-order valence-corrected chi connectivity index (χ4v) is 3.47. The van der Waals surface area contributed by atoms with Crippen molar-refractivity contribution in [3.8, 4) is 11.5 Å². The van der Waals surface area contributed by atoms with Crippen molar-refractivity contribution < 1.29 is 4.79 Å². The molecule has 2 aromatic heterocycles. The SMILES string of the molecule is Cc1ccc(NC(=O)C(C)n2c(-c3cscn3)nc3ccccc32)cc1. The summed E-state index contributed by atoms with van der Waals surface area (Å²) in [5.74, 6) is 0.618. The Morgan fingerprint density at radius 3 is 2.65 bits per heavy atom. The van der Waals surface area contributed by atoms with Gasteiger partial charge in [-0.05, 0) is 38.1 Å². The number of carbonyl (C=O) groups is 1. The van der Waals surface area contributed by atoms with Gasteiger partial charge in [0, 0.05) is 11.1 Å². The van der Waals surface area contributed by atoms with Crippen molar-refractivity contribution in [1.82, 2.24) is 14.5 Å². The van der Waals surface area contributed by atoms with E-state index in [1.165, 1.54) is 11.3 Å². The Hall–Kier alpha value is -2.99. The minimum atomic E-state index is -0.430. The average molecular weight is 362 g/mol. The first-order valence-corrected chi connectivity index (χ1v) is 9.31. The number of aromatic nitrogens is 3. The molecule has 130 valence electrons. The predicted molar refractivity (Wildman–Crippen MR) is 105 cm³/mol. The van der Waals surface area contributed by atoms with Gasteiger partial charge in [0.25, 0.3) is 0 Å². The smallest absolute Gasteiger partial charge is 0.247 e. The van der Waals surface area contributed by atoms with Crippen molar-refractivity contribution in [2.75, 3.05) is 5.32 Å². The van der Waals surface area contributed by atoms with E-state index in [0.29, 0.717) is 5.82 Å². The number of imidazole rings is 1. The van der Waals surface area contributed by atoms with Gasteiger partial charge in [-0.25, -0.2) is 9.97 Å². The van der Waals surface area contributed by atoms with Crippen molar-refractivity contribution in [3.63, 3.8) is 0 Å². The highest BCUT2D eigenvalue weighted by Gasteiger charge is 2.23. The summed E-state index contributed by atoms with van der Waals surface area (Å²) in [6.45, 7) is 3.90. The van der Waals surface area contributed by atoms with Crippen LogP contribution in [0.5, 0.6) is 0 Å². The van der Waals surface area contributed by atoms with Gasteiger partial charge in [-0.3, -0.25) is 4.79 Å². The number of amides is 1. The van der Waals surface area contributed by atoms with Crippen molar-refractivity contribution in [2.45, 2.75) is 19.9 Å². The number of anilines is 1. The van der Waals surface area contributed by atoms with Crippen LogP contribution in [0.4, 0.5) is 5.69 Å². The lowest BCUT2D eigenvalue weighted by Gasteiger charge is -2.17. The molecule has 26 heavy (non-hydrogen) atoms. The quantitative estimate of drug-likeness (QED) is 0.574. The highest BCUT2D eigenvalue weighted by Crippen LogP contribution is 2.29. The van der Waals surface area contributed by atoms with Gasteiger partial charge in [0.15, 0.2) is 5.82 Å². The molecule has 1 N–H and O–H groups in total. The maximum absolute atomic E-state index is 12.9. The van der Waals surface area contributed by atoms with E-state index in [1.807, 2.05) is 72.3 Å². The summed E-state index contributed by atoms with van der Waals surface area (Å²) < 4.78 is 1.95. The third-order valence-corrected chi connectivity index (χ3v) is 4.93. The van der Waals surface area contributed by atoms with E-state index >= 15 is 0 Å². The van der Waals surface area contributed by atoms with E-state index in [1.54, 1.807) is 5.51 Å². The van der Waals surface area contributed by atoms with E-state index < -0.39 is 6.04 Å². The molecule has 0 saturated heterocycles. The van der Waals surface area contributed by atoms with E-state index in [9.17, 15) is 4.79 Å². The Labute approximate surface area is 155 Å². The molecule has 6 heteroatoms. The molecule has 1 unspecified atom stereocenters. The zero-order valence-electron chi connectivity index (χ0n) is 14.5. The molecule has 0 aliphatic rings. The van der Waals surface area contributed by atoms with Crippen LogP contribution in [0.25, 0.3) is 22.6 Å². The van der Waals surface area contributed by atoms with E-state index in [4.69, 9.17) is 4.98 Å². The minimum Gasteiger partial charge on any atom is -0.324 e. The number of hydrogen-bond acceptors (Lipinski definition) is 4. The van der Waals surface area contributed by atoms with Crippen molar-refractivity contribution >= 4 is 34.0 Å². The molecule has 2 heterocycles. The van der Waals surface area contributed by atoms with Gasteiger partial charge in [-0.15, -0.1) is 11.3 Å². The van der Waals surface area contributed by atoms with E-state index in [-0.39, 0.29) is 5.91 Å². The zero-order valence-corrected chi connectivity index (χ0v) is 15.3. The first kappa shape index (κ1) is 16.5. The third-order valence-electron chi connectivity index (χ3n) is 4.34. The lowest BCUT2D eigenvalue weighted by atomic mass is 10.2. The number of benzene rings is 2. The summed E-state index contributed by atoms with van der Waals surface area (Å²) in [6.07, 6.45) is 0. The number of aryl methyl sites for hydroxylation is 1. The first-order valence-electron chi connectivity index (χ1n) is 8.36. The summed E-state index contributed by atoms with van der Waals surface area (Å²) in [5.41, 5.74) is 6.26. The second-order valence-electron chi connectivity index (χ2n) is 6.20. The molecule has 0 saturated carbocycles. The summed E-state index contributed by atoms with van der Waals surface area (Å²) >= 11 is 1.51. The summed E-state index contributed by atoms with van der Waals surface area (Å²) in [4.78, 5) is 22.0. The molecule has 1 atom stereocenters. The largest absolute Gasteiger partial charge is 0.324 e. The number of carbonyl (C=O) groups excluding carboxylic acids is 1. The Morgan fingerprint density at radius 2 is 1.92 bits per heavy atom. The predicted octanol–water partition coefficient (Wildman–Crippen LogP) is 4.67.